The number of unbranched alkanes of at least 4 members (excludes halogenated alkanes) is 1. The lowest BCUT2D eigenvalue weighted by molar-refractivity contribution is 0.676. The zero-order valence-corrected chi connectivity index (χ0v) is 13.1. The summed E-state index contributed by atoms with van der Waals surface area (Å²) in [5, 5.41) is 8.27. The maximum atomic E-state index is 6.14. The van der Waals surface area contributed by atoms with Crippen LogP contribution < -0.4 is 5.32 Å². The van der Waals surface area contributed by atoms with Crippen LogP contribution in [-0.2, 0) is 26.6 Å². The van der Waals surface area contributed by atoms with Crippen LogP contribution in [-0.4, -0.2) is 19.7 Å². The number of H-pyrrole nitrogens is 1. The molecule has 0 saturated heterocycles. The Morgan fingerprint density at radius 1 is 1.40 bits per heavy atom. The second-order valence-corrected chi connectivity index (χ2v) is 5.43. The Morgan fingerprint density at radius 3 is 2.85 bits per heavy atom. The predicted molar refractivity (Wildman–Crippen MR) is 80.7 cm³/mol. The normalized spacial score (nSPS) is 11.2. The Kier molecular flexibility index (Phi) is 5.20. The van der Waals surface area contributed by atoms with E-state index in [4.69, 9.17) is 11.6 Å². The molecule has 2 rings (SSSR count). The number of hydrogen-bond acceptors (Lipinski definition) is 3. The molecular weight excluding hydrogens is 274 g/mol. The fourth-order valence-electron chi connectivity index (χ4n) is 2.16. The van der Waals surface area contributed by atoms with Crippen molar-refractivity contribution in [1.82, 2.24) is 25.1 Å². The quantitative estimate of drug-likeness (QED) is 0.826. The summed E-state index contributed by atoms with van der Waals surface area (Å²) in [6, 6.07) is 0. The molecule has 110 valence electrons. The van der Waals surface area contributed by atoms with Gasteiger partial charge < -0.3 is 10.3 Å². The highest BCUT2D eigenvalue weighted by Crippen LogP contribution is 2.14. The van der Waals surface area contributed by atoms with Crippen LogP contribution in [0.2, 0.25) is 5.15 Å². The summed E-state index contributed by atoms with van der Waals surface area (Å²) in [6.45, 7) is 5.65. The molecule has 0 saturated carbocycles. The first-order valence-corrected chi connectivity index (χ1v) is 7.41. The van der Waals surface area contributed by atoms with Gasteiger partial charge in [0.15, 0.2) is 5.15 Å². The minimum Gasteiger partial charge on any atom is -0.344 e. The van der Waals surface area contributed by atoms with Crippen molar-refractivity contribution in [2.45, 2.75) is 46.2 Å². The minimum atomic E-state index is 0.575. The summed E-state index contributed by atoms with van der Waals surface area (Å²) >= 11 is 6.14. The zero-order chi connectivity index (χ0) is 14.5. The second kappa shape index (κ2) is 6.90. The molecule has 0 atom stereocenters. The maximum absolute atomic E-state index is 6.14. The van der Waals surface area contributed by atoms with E-state index in [9.17, 15) is 0 Å². The summed E-state index contributed by atoms with van der Waals surface area (Å²) in [7, 11) is 1.93. The summed E-state index contributed by atoms with van der Waals surface area (Å²) in [6.07, 6.45) is 5.28. The molecule has 20 heavy (non-hydrogen) atoms. The highest BCUT2D eigenvalue weighted by atomic mass is 35.5. The Morgan fingerprint density at radius 2 is 2.20 bits per heavy atom. The lowest BCUT2D eigenvalue weighted by atomic mass is 10.2. The van der Waals surface area contributed by atoms with Crippen LogP contribution in [0.1, 0.15) is 42.5 Å². The van der Waals surface area contributed by atoms with Crippen LogP contribution in [0, 0.1) is 6.92 Å². The monoisotopic (exact) mass is 295 g/mol. The van der Waals surface area contributed by atoms with Gasteiger partial charge in [0.2, 0.25) is 0 Å². The number of nitrogens with one attached hydrogen (secondary N) is 2. The van der Waals surface area contributed by atoms with Crippen molar-refractivity contribution in [2.24, 2.45) is 7.05 Å². The number of aromatic amines is 1. The molecule has 2 aromatic rings. The van der Waals surface area contributed by atoms with Gasteiger partial charge in [-0.2, -0.15) is 5.10 Å². The second-order valence-electron chi connectivity index (χ2n) is 5.07. The molecule has 0 aliphatic heterocycles. The maximum Gasteiger partial charge on any atom is 0.151 e. The van der Waals surface area contributed by atoms with Crippen molar-refractivity contribution in [2.75, 3.05) is 0 Å². The number of halogens is 1. The van der Waals surface area contributed by atoms with Crippen LogP contribution in [0.3, 0.4) is 0 Å². The first-order chi connectivity index (χ1) is 9.60. The number of rotatable bonds is 7. The van der Waals surface area contributed by atoms with Crippen LogP contribution in [0.5, 0.6) is 0 Å². The van der Waals surface area contributed by atoms with Crippen LogP contribution in [0.25, 0.3) is 0 Å². The molecule has 5 nitrogen and oxygen atoms in total. The van der Waals surface area contributed by atoms with E-state index in [1.54, 1.807) is 0 Å². The van der Waals surface area contributed by atoms with E-state index in [0.717, 1.165) is 43.0 Å². The fraction of sp³-hybridized carbons (Fsp3) is 0.571. The van der Waals surface area contributed by atoms with Gasteiger partial charge in [0, 0.05) is 38.3 Å². The van der Waals surface area contributed by atoms with Crippen molar-refractivity contribution in [3.8, 4) is 0 Å². The van der Waals surface area contributed by atoms with Gasteiger partial charge in [0.05, 0.1) is 11.4 Å². The van der Waals surface area contributed by atoms with E-state index < -0.39 is 0 Å². The highest BCUT2D eigenvalue weighted by molar-refractivity contribution is 6.30. The summed E-state index contributed by atoms with van der Waals surface area (Å²) in [4.78, 5) is 7.64. The molecule has 0 bridgehead atoms. The zero-order valence-electron chi connectivity index (χ0n) is 12.3. The lowest BCUT2D eigenvalue weighted by Gasteiger charge is -2.02. The molecule has 2 heterocycles. The molecule has 0 aromatic carbocycles. The van der Waals surface area contributed by atoms with Gasteiger partial charge in [0.25, 0.3) is 0 Å². The topological polar surface area (TPSA) is 58.5 Å². The average Bonchev–Trinajstić information content (AvgIpc) is 2.90. The van der Waals surface area contributed by atoms with E-state index in [1.165, 1.54) is 5.56 Å². The molecule has 0 amide bonds. The van der Waals surface area contributed by atoms with Crippen molar-refractivity contribution in [3.05, 3.63) is 34.1 Å². The van der Waals surface area contributed by atoms with E-state index in [1.807, 2.05) is 24.9 Å². The van der Waals surface area contributed by atoms with Gasteiger partial charge in [-0.1, -0.05) is 24.9 Å². The number of hydrogen-bond donors (Lipinski definition) is 2. The third kappa shape index (κ3) is 3.84. The van der Waals surface area contributed by atoms with Crippen molar-refractivity contribution >= 4 is 11.6 Å². The van der Waals surface area contributed by atoms with Crippen molar-refractivity contribution in [1.29, 1.82) is 0 Å². The number of aryl methyl sites for hydroxylation is 3. The molecule has 2 N–H and O–H groups in total. The third-order valence-corrected chi connectivity index (χ3v) is 3.59. The van der Waals surface area contributed by atoms with Crippen LogP contribution in [0.4, 0.5) is 0 Å². The van der Waals surface area contributed by atoms with Gasteiger partial charge in [-0.15, -0.1) is 0 Å². The molecule has 2 aromatic heterocycles. The molecule has 0 radical (unpaired) electrons. The summed E-state index contributed by atoms with van der Waals surface area (Å²) < 4.78 is 1.83. The van der Waals surface area contributed by atoms with E-state index in [0.29, 0.717) is 11.7 Å². The van der Waals surface area contributed by atoms with Gasteiger partial charge in [-0.05, 0) is 13.3 Å². The summed E-state index contributed by atoms with van der Waals surface area (Å²) in [5.74, 6) is 0.978. The van der Waals surface area contributed by atoms with Crippen LogP contribution >= 0.6 is 11.6 Å². The van der Waals surface area contributed by atoms with E-state index in [-0.39, 0.29) is 0 Å². The number of nitrogens with zero attached hydrogens (tertiary/aromatic N) is 3. The Labute approximate surface area is 124 Å². The molecule has 0 fully saturated rings. The molecule has 0 unspecified atom stereocenters. The third-order valence-electron chi connectivity index (χ3n) is 3.28. The van der Waals surface area contributed by atoms with Gasteiger partial charge >= 0.3 is 0 Å². The van der Waals surface area contributed by atoms with E-state index in [2.05, 4.69) is 27.3 Å². The van der Waals surface area contributed by atoms with Crippen molar-refractivity contribution < 1.29 is 0 Å². The molecule has 0 spiro atoms. The first kappa shape index (κ1) is 15.1. The van der Waals surface area contributed by atoms with Crippen LogP contribution in [0.15, 0.2) is 6.20 Å². The Bertz CT molecular complexity index is 558. The van der Waals surface area contributed by atoms with Crippen molar-refractivity contribution in [3.63, 3.8) is 0 Å². The smallest absolute Gasteiger partial charge is 0.151 e. The Hall–Kier alpha value is -1.33. The minimum absolute atomic E-state index is 0.575. The average molecular weight is 296 g/mol. The fourth-order valence-corrected chi connectivity index (χ4v) is 2.38. The largest absolute Gasteiger partial charge is 0.344 e. The molecule has 0 aliphatic carbocycles. The molecule has 0 aliphatic rings. The van der Waals surface area contributed by atoms with Gasteiger partial charge in [0.1, 0.15) is 5.82 Å². The lowest BCUT2D eigenvalue weighted by Crippen LogP contribution is -2.13. The number of aromatic nitrogens is 4. The Balaban J connectivity index is 1.87. The van der Waals surface area contributed by atoms with Gasteiger partial charge in [-0.3, -0.25) is 4.68 Å². The SMILES string of the molecule is CCCCc1nc(Cl)c(CNCc2cn(C)nc2C)[nH]1. The standard InChI is InChI=1S/C14H22ClN5/c1-4-5-6-13-17-12(14(15)18-13)8-16-7-11-9-20(3)19-10(11)2/h9,16H,4-8H2,1-3H3,(H,17,18). The van der Waals surface area contributed by atoms with E-state index >= 15 is 0 Å². The van der Waals surface area contributed by atoms with Gasteiger partial charge in [-0.25, -0.2) is 4.98 Å². The highest BCUT2D eigenvalue weighted by Gasteiger charge is 2.08. The number of imidazole rings is 1. The first-order valence-electron chi connectivity index (χ1n) is 7.03. The molecular formula is C14H22ClN5. The molecule has 6 heteroatoms. The summed E-state index contributed by atoms with van der Waals surface area (Å²) in [5.41, 5.74) is 3.22. The predicted octanol–water partition coefficient (Wildman–Crippen LogP) is 2.74.